The summed E-state index contributed by atoms with van der Waals surface area (Å²) in [5.41, 5.74) is 3.54. The normalized spacial score (nSPS) is 14.6. The van der Waals surface area contributed by atoms with Gasteiger partial charge in [0.05, 0.1) is 13.2 Å². The molecular formula is C25H23FO5. The lowest BCUT2D eigenvalue weighted by Crippen LogP contribution is -2.49. The Morgan fingerprint density at radius 1 is 1.10 bits per heavy atom. The first kappa shape index (κ1) is 21.0. The van der Waals surface area contributed by atoms with Gasteiger partial charge in [0.25, 0.3) is 0 Å². The highest BCUT2D eigenvalue weighted by molar-refractivity contribution is 5.68. The van der Waals surface area contributed by atoms with Gasteiger partial charge in [0.1, 0.15) is 30.4 Å². The third kappa shape index (κ3) is 4.60. The van der Waals surface area contributed by atoms with E-state index in [1.165, 1.54) is 6.07 Å². The summed E-state index contributed by atoms with van der Waals surface area (Å²) in [5.74, 6) is -0.548. The van der Waals surface area contributed by atoms with Crippen LogP contribution >= 0.6 is 0 Å². The van der Waals surface area contributed by atoms with E-state index in [0.29, 0.717) is 31.1 Å². The smallest absolute Gasteiger partial charge is 0.329 e. The highest BCUT2D eigenvalue weighted by Gasteiger charge is 2.42. The summed E-state index contributed by atoms with van der Waals surface area (Å²) in [4.78, 5) is 10.8. The summed E-state index contributed by atoms with van der Waals surface area (Å²) in [6, 6.07) is 20.3. The molecule has 0 unspecified atom stereocenters. The third-order valence-electron chi connectivity index (χ3n) is 5.43. The van der Waals surface area contributed by atoms with Crippen LogP contribution in [0.5, 0.6) is 5.75 Å². The molecule has 0 amide bonds. The molecule has 160 valence electrons. The number of aliphatic carboxylic acids is 1. The van der Waals surface area contributed by atoms with Crippen molar-refractivity contribution in [3.63, 3.8) is 0 Å². The number of hydrogen-bond donors (Lipinski definition) is 1. The van der Waals surface area contributed by atoms with Crippen LogP contribution in [-0.4, -0.2) is 30.9 Å². The second kappa shape index (κ2) is 8.88. The van der Waals surface area contributed by atoms with Crippen molar-refractivity contribution in [3.05, 3.63) is 89.2 Å². The molecule has 1 fully saturated rings. The number of carboxylic acids is 1. The molecule has 0 aromatic heterocycles. The maximum atomic E-state index is 13.9. The summed E-state index contributed by atoms with van der Waals surface area (Å²) < 4.78 is 30.6. The van der Waals surface area contributed by atoms with E-state index in [-0.39, 0.29) is 12.4 Å². The van der Waals surface area contributed by atoms with Crippen molar-refractivity contribution in [2.75, 3.05) is 19.8 Å². The highest BCUT2D eigenvalue weighted by Crippen LogP contribution is 2.34. The lowest BCUT2D eigenvalue weighted by molar-refractivity contribution is -0.220. The molecule has 3 aromatic carbocycles. The molecule has 0 atom stereocenters. The second-order valence-corrected chi connectivity index (χ2v) is 7.60. The SMILES string of the molecule is Cc1c(F)cccc1-c1cccc(COc2ccc(C3(OCC(=O)O)COC3)cc2)c1. The van der Waals surface area contributed by atoms with Gasteiger partial charge in [-0.15, -0.1) is 0 Å². The standard InChI is InChI=1S/C25H23FO5/c1-17-22(6-3-7-23(17)26)19-5-2-4-18(12-19)13-30-21-10-8-20(9-11-21)25(15-29-16-25)31-14-24(27)28/h2-12H,13-16H2,1H3,(H,27,28). The Bertz CT molecular complexity index is 1070. The molecule has 1 saturated heterocycles. The van der Waals surface area contributed by atoms with Crippen LogP contribution in [0.4, 0.5) is 4.39 Å². The average molecular weight is 422 g/mol. The minimum absolute atomic E-state index is 0.221. The summed E-state index contributed by atoms with van der Waals surface area (Å²) in [7, 11) is 0. The Hall–Kier alpha value is -3.22. The molecule has 1 aliphatic rings. The van der Waals surface area contributed by atoms with E-state index in [1.807, 2.05) is 54.6 Å². The molecule has 0 saturated carbocycles. The van der Waals surface area contributed by atoms with Crippen molar-refractivity contribution in [1.82, 2.24) is 0 Å². The van der Waals surface area contributed by atoms with Crippen molar-refractivity contribution in [2.45, 2.75) is 19.1 Å². The molecular weight excluding hydrogens is 399 g/mol. The lowest BCUT2D eigenvalue weighted by atomic mass is 9.91. The molecule has 4 rings (SSSR count). The quantitative estimate of drug-likeness (QED) is 0.570. The lowest BCUT2D eigenvalue weighted by Gasteiger charge is -2.41. The fraction of sp³-hybridized carbons (Fsp3) is 0.240. The Labute approximate surface area is 180 Å². The van der Waals surface area contributed by atoms with Gasteiger partial charge in [-0.05, 0) is 59.0 Å². The molecule has 0 aliphatic carbocycles. The van der Waals surface area contributed by atoms with Gasteiger partial charge in [-0.25, -0.2) is 9.18 Å². The van der Waals surface area contributed by atoms with Crippen molar-refractivity contribution in [1.29, 1.82) is 0 Å². The molecule has 31 heavy (non-hydrogen) atoms. The van der Waals surface area contributed by atoms with Crippen molar-refractivity contribution < 1.29 is 28.5 Å². The first-order valence-corrected chi connectivity index (χ1v) is 9.98. The number of carboxylic acid groups (broad SMARTS) is 1. The van der Waals surface area contributed by atoms with Crippen LogP contribution < -0.4 is 4.74 Å². The van der Waals surface area contributed by atoms with Gasteiger partial charge in [-0.3, -0.25) is 0 Å². The molecule has 1 N–H and O–H groups in total. The monoisotopic (exact) mass is 422 g/mol. The Balaban J connectivity index is 1.43. The van der Waals surface area contributed by atoms with E-state index in [1.54, 1.807) is 13.0 Å². The van der Waals surface area contributed by atoms with Gasteiger partial charge in [0.15, 0.2) is 0 Å². The highest BCUT2D eigenvalue weighted by atomic mass is 19.1. The fourth-order valence-corrected chi connectivity index (χ4v) is 3.59. The molecule has 0 spiro atoms. The molecule has 0 radical (unpaired) electrons. The summed E-state index contributed by atoms with van der Waals surface area (Å²) in [6.07, 6.45) is 0. The van der Waals surface area contributed by atoms with Crippen LogP contribution in [-0.2, 0) is 26.5 Å². The minimum atomic E-state index is -1.01. The Kier molecular flexibility index (Phi) is 6.02. The molecule has 1 aliphatic heterocycles. The Morgan fingerprint density at radius 2 is 1.84 bits per heavy atom. The van der Waals surface area contributed by atoms with E-state index in [2.05, 4.69) is 0 Å². The largest absolute Gasteiger partial charge is 0.489 e. The summed E-state index contributed by atoms with van der Waals surface area (Å²) in [6.45, 7) is 2.42. The van der Waals surface area contributed by atoms with Crippen LogP contribution in [0.25, 0.3) is 11.1 Å². The zero-order valence-electron chi connectivity index (χ0n) is 17.1. The fourth-order valence-electron chi connectivity index (χ4n) is 3.59. The van der Waals surface area contributed by atoms with Crippen LogP contribution in [0, 0.1) is 12.7 Å². The molecule has 3 aromatic rings. The maximum Gasteiger partial charge on any atom is 0.329 e. The van der Waals surface area contributed by atoms with E-state index in [0.717, 1.165) is 22.3 Å². The number of halogens is 1. The van der Waals surface area contributed by atoms with E-state index < -0.39 is 11.6 Å². The number of rotatable bonds is 8. The van der Waals surface area contributed by atoms with Crippen LogP contribution in [0.3, 0.4) is 0 Å². The van der Waals surface area contributed by atoms with Crippen LogP contribution in [0.1, 0.15) is 16.7 Å². The van der Waals surface area contributed by atoms with Crippen LogP contribution in [0.2, 0.25) is 0 Å². The van der Waals surface area contributed by atoms with Gasteiger partial charge in [0.2, 0.25) is 0 Å². The minimum Gasteiger partial charge on any atom is -0.489 e. The zero-order chi connectivity index (χ0) is 21.8. The van der Waals surface area contributed by atoms with Gasteiger partial charge in [-0.1, -0.05) is 42.5 Å². The summed E-state index contributed by atoms with van der Waals surface area (Å²) >= 11 is 0. The molecule has 5 nitrogen and oxygen atoms in total. The third-order valence-corrected chi connectivity index (χ3v) is 5.43. The number of hydrogen-bond acceptors (Lipinski definition) is 4. The molecule has 1 heterocycles. The van der Waals surface area contributed by atoms with E-state index in [4.69, 9.17) is 19.3 Å². The molecule has 6 heteroatoms. The van der Waals surface area contributed by atoms with Crippen molar-refractivity contribution in [2.24, 2.45) is 0 Å². The average Bonchev–Trinajstić information content (AvgIpc) is 2.74. The second-order valence-electron chi connectivity index (χ2n) is 7.60. The zero-order valence-corrected chi connectivity index (χ0v) is 17.1. The number of ether oxygens (including phenoxy) is 3. The first-order valence-electron chi connectivity index (χ1n) is 9.98. The van der Waals surface area contributed by atoms with E-state index >= 15 is 0 Å². The predicted octanol–water partition coefficient (Wildman–Crippen LogP) is 4.71. The van der Waals surface area contributed by atoms with Crippen molar-refractivity contribution in [3.8, 4) is 16.9 Å². The van der Waals surface area contributed by atoms with E-state index in [9.17, 15) is 9.18 Å². The summed E-state index contributed by atoms with van der Waals surface area (Å²) in [5, 5.41) is 8.88. The van der Waals surface area contributed by atoms with Crippen LogP contribution in [0.15, 0.2) is 66.7 Å². The number of benzene rings is 3. The first-order chi connectivity index (χ1) is 15.0. The predicted molar refractivity (Wildman–Crippen MR) is 113 cm³/mol. The maximum absolute atomic E-state index is 13.9. The topological polar surface area (TPSA) is 65.0 Å². The van der Waals surface area contributed by atoms with Gasteiger partial charge < -0.3 is 19.3 Å². The number of carbonyl (C=O) groups is 1. The van der Waals surface area contributed by atoms with Gasteiger partial charge in [-0.2, -0.15) is 0 Å². The Morgan fingerprint density at radius 3 is 2.52 bits per heavy atom. The molecule has 0 bridgehead atoms. The van der Waals surface area contributed by atoms with Crippen molar-refractivity contribution >= 4 is 5.97 Å². The van der Waals surface area contributed by atoms with Gasteiger partial charge >= 0.3 is 5.97 Å². The van der Waals surface area contributed by atoms with Gasteiger partial charge in [0, 0.05) is 0 Å².